The van der Waals surface area contributed by atoms with Crippen molar-refractivity contribution in [3.05, 3.63) is 42.0 Å². The van der Waals surface area contributed by atoms with E-state index in [1.54, 1.807) is 38.1 Å². The molecule has 1 aromatic carbocycles. The molecule has 0 aromatic heterocycles. The lowest BCUT2D eigenvalue weighted by Gasteiger charge is -2.27. The van der Waals surface area contributed by atoms with Crippen LogP contribution in [-0.4, -0.2) is 25.0 Å². The zero-order valence-electron chi connectivity index (χ0n) is 13.1. The Balaban J connectivity index is 2.70. The van der Waals surface area contributed by atoms with Crippen LogP contribution in [0.1, 0.15) is 31.9 Å². The van der Waals surface area contributed by atoms with E-state index in [1.807, 2.05) is 6.92 Å². The molecule has 23 heavy (non-hydrogen) atoms. The molecule has 0 fully saturated rings. The standard InChI is InChI=1S/C16H19F4NO2/c1-10(2)11-5-7-12(8-6-11)15(3,4)21-14(22)23-9-16(19,20)13(17)18/h5-8,13H,1,9H2,2-4H3,(H,21,22). The van der Waals surface area contributed by atoms with Gasteiger partial charge in [-0.3, -0.25) is 0 Å². The minimum absolute atomic E-state index is 0.695. The van der Waals surface area contributed by atoms with Gasteiger partial charge in [0.15, 0.2) is 6.61 Å². The molecule has 1 aromatic rings. The number of amides is 1. The monoisotopic (exact) mass is 333 g/mol. The summed E-state index contributed by atoms with van der Waals surface area (Å²) >= 11 is 0. The third-order valence-electron chi connectivity index (χ3n) is 3.23. The van der Waals surface area contributed by atoms with E-state index >= 15 is 0 Å². The maximum atomic E-state index is 12.7. The Labute approximate surface area is 132 Å². The van der Waals surface area contributed by atoms with E-state index in [2.05, 4.69) is 16.6 Å². The van der Waals surface area contributed by atoms with Crippen molar-refractivity contribution in [3.63, 3.8) is 0 Å². The second kappa shape index (κ2) is 7.02. The maximum Gasteiger partial charge on any atom is 0.408 e. The van der Waals surface area contributed by atoms with Gasteiger partial charge >= 0.3 is 18.4 Å². The summed E-state index contributed by atoms with van der Waals surface area (Å²) in [5.74, 6) is -4.37. The molecule has 0 heterocycles. The Morgan fingerprint density at radius 3 is 2.22 bits per heavy atom. The summed E-state index contributed by atoms with van der Waals surface area (Å²) in [6, 6.07) is 7.10. The molecule has 1 N–H and O–H groups in total. The number of hydrogen-bond donors (Lipinski definition) is 1. The van der Waals surface area contributed by atoms with E-state index in [0.717, 1.165) is 11.1 Å². The number of halogens is 4. The van der Waals surface area contributed by atoms with E-state index in [4.69, 9.17) is 0 Å². The van der Waals surface area contributed by atoms with Crippen LogP contribution in [0.25, 0.3) is 5.57 Å². The number of rotatable bonds is 6. The molecule has 0 atom stereocenters. The Kier molecular flexibility index (Phi) is 5.80. The molecule has 0 saturated carbocycles. The molecular weight excluding hydrogens is 314 g/mol. The van der Waals surface area contributed by atoms with Gasteiger partial charge in [0.1, 0.15) is 0 Å². The molecule has 0 radical (unpaired) electrons. The van der Waals surface area contributed by atoms with Crippen LogP contribution in [0.3, 0.4) is 0 Å². The first kappa shape index (κ1) is 19.0. The molecule has 0 aliphatic rings. The zero-order chi connectivity index (χ0) is 17.8. The van der Waals surface area contributed by atoms with Crippen LogP contribution in [-0.2, 0) is 10.3 Å². The molecule has 128 valence electrons. The molecule has 7 heteroatoms. The van der Waals surface area contributed by atoms with Gasteiger partial charge in [0.05, 0.1) is 5.54 Å². The summed E-state index contributed by atoms with van der Waals surface area (Å²) in [7, 11) is 0. The molecule has 1 rings (SSSR count). The third-order valence-corrected chi connectivity index (χ3v) is 3.23. The van der Waals surface area contributed by atoms with Crippen LogP contribution in [0, 0.1) is 0 Å². The van der Waals surface area contributed by atoms with E-state index < -0.39 is 30.6 Å². The van der Waals surface area contributed by atoms with Crippen LogP contribution in [0.2, 0.25) is 0 Å². The molecular formula is C16H19F4NO2. The van der Waals surface area contributed by atoms with Crippen molar-refractivity contribution in [2.24, 2.45) is 0 Å². The Morgan fingerprint density at radius 2 is 1.78 bits per heavy atom. The fourth-order valence-electron chi connectivity index (χ4n) is 1.76. The summed E-state index contributed by atoms with van der Waals surface area (Å²) in [5.41, 5.74) is 1.56. The van der Waals surface area contributed by atoms with Gasteiger partial charge < -0.3 is 10.1 Å². The average Bonchev–Trinajstić information content (AvgIpc) is 2.44. The van der Waals surface area contributed by atoms with Crippen LogP contribution >= 0.6 is 0 Å². The summed E-state index contributed by atoms with van der Waals surface area (Å²) < 4.78 is 53.6. The van der Waals surface area contributed by atoms with Gasteiger partial charge in [-0.25, -0.2) is 13.6 Å². The molecule has 1 amide bonds. The largest absolute Gasteiger partial charge is 0.443 e. The zero-order valence-corrected chi connectivity index (χ0v) is 13.1. The molecule has 0 unspecified atom stereocenters. The molecule has 0 bridgehead atoms. The van der Waals surface area contributed by atoms with Crippen LogP contribution in [0.4, 0.5) is 22.4 Å². The van der Waals surface area contributed by atoms with Crippen molar-refractivity contribution >= 4 is 11.7 Å². The maximum absolute atomic E-state index is 12.7. The SMILES string of the molecule is C=C(C)c1ccc(C(C)(C)NC(=O)OCC(F)(F)C(F)F)cc1. The number of ether oxygens (including phenoxy) is 1. The number of allylic oxidation sites excluding steroid dienone is 1. The summed E-state index contributed by atoms with van der Waals surface area (Å²) in [4.78, 5) is 11.6. The van der Waals surface area contributed by atoms with Crippen molar-refractivity contribution in [2.75, 3.05) is 6.61 Å². The first-order chi connectivity index (χ1) is 10.5. The quantitative estimate of drug-likeness (QED) is 0.774. The van der Waals surface area contributed by atoms with Gasteiger partial charge in [0.2, 0.25) is 0 Å². The van der Waals surface area contributed by atoms with Crippen LogP contribution < -0.4 is 5.32 Å². The number of benzene rings is 1. The molecule has 0 spiro atoms. The fourth-order valence-corrected chi connectivity index (χ4v) is 1.76. The van der Waals surface area contributed by atoms with Crippen LogP contribution in [0.5, 0.6) is 0 Å². The smallest absolute Gasteiger partial charge is 0.408 e. The van der Waals surface area contributed by atoms with E-state index in [9.17, 15) is 22.4 Å². The number of carbonyl (C=O) groups excluding carboxylic acids is 1. The van der Waals surface area contributed by atoms with Gasteiger partial charge in [0, 0.05) is 0 Å². The summed E-state index contributed by atoms with van der Waals surface area (Å²) in [6.45, 7) is 7.24. The van der Waals surface area contributed by atoms with Gasteiger partial charge in [-0.2, -0.15) is 8.78 Å². The fraction of sp³-hybridized carbons (Fsp3) is 0.438. The van der Waals surface area contributed by atoms with E-state index in [0.29, 0.717) is 5.56 Å². The predicted molar refractivity (Wildman–Crippen MR) is 79.6 cm³/mol. The molecule has 0 aliphatic heterocycles. The Bertz CT molecular complexity index is 568. The van der Waals surface area contributed by atoms with E-state index in [-0.39, 0.29) is 0 Å². The lowest BCUT2D eigenvalue weighted by atomic mass is 9.93. The minimum Gasteiger partial charge on any atom is -0.443 e. The highest BCUT2D eigenvalue weighted by molar-refractivity contribution is 5.69. The van der Waals surface area contributed by atoms with Crippen molar-refractivity contribution < 1.29 is 27.1 Å². The third kappa shape index (κ3) is 5.26. The van der Waals surface area contributed by atoms with Crippen molar-refractivity contribution in [3.8, 4) is 0 Å². The highest BCUT2D eigenvalue weighted by Gasteiger charge is 2.42. The Morgan fingerprint density at radius 1 is 1.26 bits per heavy atom. The molecule has 0 aliphatic carbocycles. The van der Waals surface area contributed by atoms with Crippen molar-refractivity contribution in [2.45, 2.75) is 38.7 Å². The highest BCUT2D eigenvalue weighted by atomic mass is 19.3. The molecule has 0 saturated heterocycles. The number of nitrogens with one attached hydrogen (secondary N) is 1. The van der Waals surface area contributed by atoms with Gasteiger partial charge in [-0.05, 0) is 31.9 Å². The lowest BCUT2D eigenvalue weighted by molar-refractivity contribution is -0.154. The average molecular weight is 333 g/mol. The number of hydrogen-bond acceptors (Lipinski definition) is 2. The topological polar surface area (TPSA) is 38.3 Å². The summed E-state index contributed by atoms with van der Waals surface area (Å²) in [5, 5.41) is 2.37. The number of alkyl halides is 4. The Hall–Kier alpha value is -2.05. The predicted octanol–water partition coefficient (Wildman–Crippen LogP) is 4.58. The second-order valence-electron chi connectivity index (χ2n) is 5.75. The molecule has 3 nitrogen and oxygen atoms in total. The normalized spacial score (nSPS) is 12.2. The first-order valence-corrected chi connectivity index (χ1v) is 6.83. The summed E-state index contributed by atoms with van der Waals surface area (Å²) in [6.07, 6.45) is -5.09. The first-order valence-electron chi connectivity index (χ1n) is 6.83. The second-order valence-corrected chi connectivity index (χ2v) is 5.75. The number of alkyl carbamates (subject to hydrolysis) is 1. The van der Waals surface area contributed by atoms with Gasteiger partial charge in [-0.1, -0.05) is 36.4 Å². The van der Waals surface area contributed by atoms with Crippen molar-refractivity contribution in [1.29, 1.82) is 0 Å². The van der Waals surface area contributed by atoms with Gasteiger partial charge in [0.25, 0.3) is 0 Å². The lowest BCUT2D eigenvalue weighted by Crippen LogP contribution is -2.43. The van der Waals surface area contributed by atoms with E-state index in [1.165, 1.54) is 0 Å². The highest BCUT2D eigenvalue weighted by Crippen LogP contribution is 2.24. The van der Waals surface area contributed by atoms with Crippen LogP contribution in [0.15, 0.2) is 30.8 Å². The van der Waals surface area contributed by atoms with Gasteiger partial charge in [-0.15, -0.1) is 0 Å². The minimum atomic E-state index is -4.37. The van der Waals surface area contributed by atoms with Crippen molar-refractivity contribution in [1.82, 2.24) is 5.32 Å². The number of carbonyl (C=O) groups is 1.